The van der Waals surface area contributed by atoms with E-state index in [2.05, 4.69) is 24.4 Å². The largest absolute Gasteiger partial charge is 0.467 e. The van der Waals surface area contributed by atoms with Gasteiger partial charge in [-0.2, -0.15) is 5.10 Å². The summed E-state index contributed by atoms with van der Waals surface area (Å²) in [6.45, 7) is 5.09. The van der Waals surface area contributed by atoms with Gasteiger partial charge >= 0.3 is 0 Å². The van der Waals surface area contributed by atoms with E-state index in [4.69, 9.17) is 9.52 Å². The highest BCUT2D eigenvalue weighted by Crippen LogP contribution is 2.17. The number of carbonyl (C=O) groups is 1. The quantitative estimate of drug-likeness (QED) is 0.715. The molecule has 2 aromatic heterocycles. The highest BCUT2D eigenvalue weighted by molar-refractivity contribution is 5.96. The van der Waals surface area contributed by atoms with Crippen LogP contribution in [0.5, 0.6) is 0 Å². The van der Waals surface area contributed by atoms with Gasteiger partial charge in [0.25, 0.3) is 5.91 Å². The Hall–Kier alpha value is -2.82. The molecule has 0 unspecified atom stereocenters. The molecular weight excluding hydrogens is 314 g/mol. The van der Waals surface area contributed by atoms with Gasteiger partial charge in [-0.25, -0.2) is 0 Å². The standard InChI is InChI=1S/C20H23N3O2/c1-3-8-18-19(20(24)21-13-17-11-7-12-25-17)15(2)23(22-18)14-16-9-5-4-6-10-16/h4-7,9-12H,3,8,13-14H2,1-2H3,(H,21,24). The van der Waals surface area contributed by atoms with Crippen molar-refractivity contribution in [2.45, 2.75) is 39.8 Å². The molecule has 130 valence electrons. The average Bonchev–Trinajstić information content (AvgIpc) is 3.23. The second-order valence-electron chi connectivity index (χ2n) is 6.06. The molecule has 1 aromatic carbocycles. The van der Waals surface area contributed by atoms with E-state index in [1.807, 2.05) is 41.9 Å². The highest BCUT2D eigenvalue weighted by Gasteiger charge is 2.20. The molecule has 0 spiro atoms. The van der Waals surface area contributed by atoms with Crippen LogP contribution in [-0.4, -0.2) is 15.7 Å². The fourth-order valence-electron chi connectivity index (χ4n) is 2.89. The van der Waals surface area contributed by atoms with E-state index in [0.29, 0.717) is 18.7 Å². The number of furan rings is 1. The van der Waals surface area contributed by atoms with Crippen molar-refractivity contribution >= 4 is 5.91 Å². The lowest BCUT2D eigenvalue weighted by Gasteiger charge is -2.06. The molecule has 3 aromatic rings. The van der Waals surface area contributed by atoms with Gasteiger partial charge in [0.15, 0.2) is 0 Å². The minimum Gasteiger partial charge on any atom is -0.467 e. The first-order valence-electron chi connectivity index (χ1n) is 8.59. The molecule has 25 heavy (non-hydrogen) atoms. The molecule has 0 radical (unpaired) electrons. The van der Waals surface area contributed by atoms with Crippen LogP contribution >= 0.6 is 0 Å². The summed E-state index contributed by atoms with van der Waals surface area (Å²) in [5.41, 5.74) is 3.60. The van der Waals surface area contributed by atoms with Crippen molar-refractivity contribution in [3.8, 4) is 0 Å². The predicted octanol–water partition coefficient (Wildman–Crippen LogP) is 3.72. The maximum Gasteiger partial charge on any atom is 0.255 e. The Morgan fingerprint density at radius 2 is 2.00 bits per heavy atom. The lowest BCUT2D eigenvalue weighted by atomic mass is 10.1. The van der Waals surface area contributed by atoms with Crippen molar-refractivity contribution in [1.29, 1.82) is 0 Å². The Kier molecular flexibility index (Phi) is 5.33. The molecular formula is C20H23N3O2. The van der Waals surface area contributed by atoms with E-state index in [1.54, 1.807) is 6.26 Å². The first-order chi connectivity index (χ1) is 12.2. The minimum absolute atomic E-state index is 0.100. The van der Waals surface area contributed by atoms with Gasteiger partial charge < -0.3 is 9.73 Å². The second-order valence-corrected chi connectivity index (χ2v) is 6.06. The third-order valence-electron chi connectivity index (χ3n) is 4.17. The van der Waals surface area contributed by atoms with E-state index in [-0.39, 0.29) is 5.91 Å². The zero-order valence-electron chi connectivity index (χ0n) is 14.7. The molecule has 0 fully saturated rings. The Morgan fingerprint density at radius 3 is 2.68 bits per heavy atom. The maximum atomic E-state index is 12.7. The number of amides is 1. The minimum atomic E-state index is -0.100. The topological polar surface area (TPSA) is 60.1 Å². The molecule has 0 atom stereocenters. The third-order valence-corrected chi connectivity index (χ3v) is 4.17. The Bertz CT molecular complexity index is 820. The first kappa shape index (κ1) is 17.0. The average molecular weight is 337 g/mol. The van der Waals surface area contributed by atoms with Crippen LogP contribution in [0, 0.1) is 6.92 Å². The molecule has 0 bridgehead atoms. The Morgan fingerprint density at radius 1 is 1.20 bits per heavy atom. The van der Waals surface area contributed by atoms with E-state index < -0.39 is 0 Å². The van der Waals surface area contributed by atoms with Crippen LogP contribution in [0.15, 0.2) is 53.1 Å². The fourth-order valence-corrected chi connectivity index (χ4v) is 2.89. The van der Waals surface area contributed by atoms with Gasteiger partial charge in [0.05, 0.1) is 30.6 Å². The van der Waals surface area contributed by atoms with Crippen molar-refractivity contribution in [1.82, 2.24) is 15.1 Å². The van der Waals surface area contributed by atoms with Gasteiger partial charge in [-0.1, -0.05) is 43.7 Å². The van der Waals surface area contributed by atoms with Gasteiger partial charge in [-0.3, -0.25) is 9.48 Å². The van der Waals surface area contributed by atoms with Crippen molar-refractivity contribution in [2.24, 2.45) is 0 Å². The van der Waals surface area contributed by atoms with Crippen LogP contribution in [0.3, 0.4) is 0 Å². The summed E-state index contributed by atoms with van der Waals surface area (Å²) in [5.74, 6) is 0.636. The Labute approximate surface area is 147 Å². The number of rotatable bonds is 7. The summed E-state index contributed by atoms with van der Waals surface area (Å²) < 4.78 is 7.20. The van der Waals surface area contributed by atoms with Crippen LogP contribution in [0.25, 0.3) is 0 Å². The van der Waals surface area contributed by atoms with Gasteiger partial charge in [-0.05, 0) is 31.0 Å². The monoisotopic (exact) mass is 337 g/mol. The smallest absolute Gasteiger partial charge is 0.255 e. The van der Waals surface area contributed by atoms with E-state index in [0.717, 1.165) is 30.0 Å². The van der Waals surface area contributed by atoms with Crippen molar-refractivity contribution in [3.05, 3.63) is 77.0 Å². The number of aromatic nitrogens is 2. The van der Waals surface area contributed by atoms with Gasteiger partial charge in [-0.15, -0.1) is 0 Å². The molecule has 1 N–H and O–H groups in total. The summed E-state index contributed by atoms with van der Waals surface area (Å²) >= 11 is 0. The summed E-state index contributed by atoms with van der Waals surface area (Å²) in [6, 6.07) is 13.8. The molecule has 0 aliphatic heterocycles. The van der Waals surface area contributed by atoms with Crippen LogP contribution in [0.2, 0.25) is 0 Å². The molecule has 2 heterocycles. The van der Waals surface area contributed by atoms with Gasteiger partial charge in [0, 0.05) is 5.69 Å². The molecule has 0 saturated heterocycles. The highest BCUT2D eigenvalue weighted by atomic mass is 16.3. The van der Waals surface area contributed by atoms with Crippen molar-refractivity contribution in [3.63, 3.8) is 0 Å². The zero-order chi connectivity index (χ0) is 17.6. The molecule has 3 rings (SSSR count). The zero-order valence-corrected chi connectivity index (χ0v) is 14.7. The number of carbonyl (C=O) groups excluding carboxylic acids is 1. The summed E-state index contributed by atoms with van der Waals surface area (Å²) in [7, 11) is 0. The summed E-state index contributed by atoms with van der Waals surface area (Å²) in [4.78, 5) is 12.7. The number of benzene rings is 1. The van der Waals surface area contributed by atoms with E-state index in [9.17, 15) is 4.79 Å². The Balaban J connectivity index is 1.82. The maximum absolute atomic E-state index is 12.7. The number of nitrogens with zero attached hydrogens (tertiary/aromatic N) is 2. The van der Waals surface area contributed by atoms with Crippen LogP contribution < -0.4 is 5.32 Å². The van der Waals surface area contributed by atoms with Gasteiger partial charge in [0.1, 0.15) is 5.76 Å². The first-order valence-corrected chi connectivity index (χ1v) is 8.59. The van der Waals surface area contributed by atoms with Gasteiger partial charge in [0.2, 0.25) is 0 Å². The lowest BCUT2D eigenvalue weighted by Crippen LogP contribution is -2.24. The molecule has 5 nitrogen and oxygen atoms in total. The molecule has 0 saturated carbocycles. The van der Waals surface area contributed by atoms with Crippen molar-refractivity contribution < 1.29 is 9.21 Å². The number of aryl methyl sites for hydroxylation is 1. The summed E-state index contributed by atoms with van der Waals surface area (Å²) in [6.07, 6.45) is 3.33. The molecule has 0 aliphatic rings. The molecule has 0 aliphatic carbocycles. The van der Waals surface area contributed by atoms with E-state index in [1.165, 1.54) is 5.56 Å². The third kappa shape index (κ3) is 3.99. The number of hydrogen-bond donors (Lipinski definition) is 1. The van der Waals surface area contributed by atoms with Crippen LogP contribution in [-0.2, 0) is 19.5 Å². The molecule has 1 amide bonds. The summed E-state index contributed by atoms with van der Waals surface area (Å²) in [5, 5.41) is 7.63. The van der Waals surface area contributed by atoms with E-state index >= 15 is 0 Å². The van der Waals surface area contributed by atoms with Crippen LogP contribution in [0.4, 0.5) is 0 Å². The number of hydrogen-bond acceptors (Lipinski definition) is 3. The fraction of sp³-hybridized carbons (Fsp3) is 0.300. The molecule has 5 heteroatoms. The van der Waals surface area contributed by atoms with Crippen molar-refractivity contribution in [2.75, 3.05) is 0 Å². The normalized spacial score (nSPS) is 10.8. The van der Waals surface area contributed by atoms with Crippen LogP contribution in [0.1, 0.15) is 46.4 Å². The lowest BCUT2D eigenvalue weighted by molar-refractivity contribution is 0.0946. The number of nitrogens with one attached hydrogen (secondary N) is 1. The second kappa shape index (κ2) is 7.83. The predicted molar refractivity (Wildman–Crippen MR) is 96.4 cm³/mol. The SMILES string of the molecule is CCCc1nn(Cc2ccccc2)c(C)c1C(=O)NCc1ccco1.